The Morgan fingerprint density at radius 1 is 1.41 bits per heavy atom. The maximum atomic E-state index is 11.5. The van der Waals surface area contributed by atoms with Crippen molar-refractivity contribution in [3.05, 3.63) is 12.7 Å². The number of Topliss-reactive ketones (excluding diaryl/α,β-unsaturated/α-hetero) is 1. The number of carbonyl (C=O) groups excluding carboxylic acids is 2. The van der Waals surface area contributed by atoms with Crippen molar-refractivity contribution in [3.8, 4) is 0 Å². The Morgan fingerprint density at radius 2 is 2.06 bits per heavy atom. The molecule has 17 heavy (non-hydrogen) atoms. The molecule has 2 unspecified atom stereocenters. The molecular weight excluding hydrogens is 220 g/mol. The Kier molecular flexibility index (Phi) is 8.32. The van der Waals surface area contributed by atoms with Crippen molar-refractivity contribution >= 4 is 11.8 Å². The van der Waals surface area contributed by atoms with Crippen LogP contribution in [0.3, 0.4) is 0 Å². The van der Waals surface area contributed by atoms with Gasteiger partial charge in [0.1, 0.15) is 11.9 Å². The molecule has 0 spiro atoms. The summed E-state index contributed by atoms with van der Waals surface area (Å²) in [6.07, 6.45) is 3.46. The molecule has 0 fully saturated rings. The number of ketones is 1. The average molecular weight is 242 g/mol. The van der Waals surface area contributed by atoms with Crippen LogP contribution in [-0.4, -0.2) is 31.1 Å². The molecule has 0 amide bonds. The molecule has 0 aliphatic carbocycles. The highest BCUT2D eigenvalue weighted by molar-refractivity contribution is 5.75. The van der Waals surface area contributed by atoms with Crippen LogP contribution in [0.25, 0.3) is 0 Å². The summed E-state index contributed by atoms with van der Waals surface area (Å²) in [6, 6.07) is 0. The molecule has 0 aromatic carbocycles. The fourth-order valence-electron chi connectivity index (χ4n) is 1.35. The number of esters is 1. The average Bonchev–Trinajstić information content (AvgIpc) is 2.27. The summed E-state index contributed by atoms with van der Waals surface area (Å²) in [5.74, 6) is -0.221. The molecule has 0 aromatic heterocycles. The second kappa shape index (κ2) is 8.93. The molecule has 0 bridgehead atoms. The van der Waals surface area contributed by atoms with E-state index in [0.29, 0.717) is 19.3 Å². The van der Waals surface area contributed by atoms with Crippen LogP contribution in [0.5, 0.6) is 0 Å². The molecule has 0 aromatic rings. The van der Waals surface area contributed by atoms with Crippen molar-refractivity contribution in [2.24, 2.45) is 0 Å². The maximum Gasteiger partial charge on any atom is 0.335 e. The summed E-state index contributed by atoms with van der Waals surface area (Å²) in [5.41, 5.74) is 0. The van der Waals surface area contributed by atoms with Crippen LogP contribution in [-0.2, 0) is 19.1 Å². The number of carbonyl (C=O) groups is 2. The third kappa shape index (κ3) is 7.69. The molecule has 0 N–H and O–H groups in total. The minimum atomic E-state index is -0.560. The second-order valence-electron chi connectivity index (χ2n) is 4.06. The number of rotatable bonds is 9. The molecule has 0 radical (unpaired) electrons. The van der Waals surface area contributed by atoms with E-state index in [9.17, 15) is 9.59 Å². The topological polar surface area (TPSA) is 52.6 Å². The van der Waals surface area contributed by atoms with Crippen molar-refractivity contribution in [1.29, 1.82) is 0 Å². The normalized spacial score (nSPS) is 13.8. The largest absolute Gasteiger partial charge is 0.460 e. The predicted molar refractivity (Wildman–Crippen MR) is 65.7 cm³/mol. The lowest BCUT2D eigenvalue weighted by Gasteiger charge is -2.18. The number of hydrogen-bond acceptors (Lipinski definition) is 4. The van der Waals surface area contributed by atoms with Crippen molar-refractivity contribution in [2.45, 2.75) is 51.7 Å². The fraction of sp³-hybridized carbons (Fsp3) is 0.692. The van der Waals surface area contributed by atoms with E-state index in [2.05, 4.69) is 6.58 Å². The van der Waals surface area contributed by atoms with Crippen molar-refractivity contribution in [1.82, 2.24) is 0 Å². The number of methoxy groups -OCH3 is 1. The van der Waals surface area contributed by atoms with Gasteiger partial charge in [0, 0.05) is 20.0 Å². The molecule has 0 aliphatic rings. The first-order valence-corrected chi connectivity index (χ1v) is 5.84. The van der Waals surface area contributed by atoms with Gasteiger partial charge in [-0.05, 0) is 26.7 Å². The molecule has 4 nitrogen and oxygen atoms in total. The summed E-state index contributed by atoms with van der Waals surface area (Å²) in [4.78, 5) is 22.3. The van der Waals surface area contributed by atoms with Gasteiger partial charge in [0.2, 0.25) is 0 Å². The zero-order valence-corrected chi connectivity index (χ0v) is 10.9. The van der Waals surface area contributed by atoms with Crippen LogP contribution in [0.1, 0.15) is 39.5 Å². The second-order valence-corrected chi connectivity index (χ2v) is 4.06. The van der Waals surface area contributed by atoms with Gasteiger partial charge >= 0.3 is 5.97 Å². The zero-order valence-electron chi connectivity index (χ0n) is 10.9. The molecule has 4 heteroatoms. The summed E-state index contributed by atoms with van der Waals surface area (Å²) in [7, 11) is 1.46. The summed E-state index contributed by atoms with van der Waals surface area (Å²) in [5, 5.41) is 0. The molecule has 0 heterocycles. The maximum absolute atomic E-state index is 11.5. The highest BCUT2D eigenvalue weighted by Crippen LogP contribution is 2.11. The van der Waals surface area contributed by atoms with E-state index in [0.717, 1.165) is 6.42 Å². The minimum Gasteiger partial charge on any atom is -0.460 e. The zero-order chi connectivity index (χ0) is 13.3. The first kappa shape index (κ1) is 15.8. The molecule has 0 aliphatic heterocycles. The van der Waals surface area contributed by atoms with Gasteiger partial charge in [-0.25, -0.2) is 4.79 Å². The van der Waals surface area contributed by atoms with Gasteiger partial charge in [0.15, 0.2) is 6.10 Å². The first-order chi connectivity index (χ1) is 8.01. The molecule has 0 saturated carbocycles. The Morgan fingerprint density at radius 3 is 2.53 bits per heavy atom. The third-order valence-electron chi connectivity index (χ3n) is 2.45. The Labute approximate surface area is 103 Å². The molecule has 0 saturated heterocycles. The molecule has 98 valence electrons. The van der Waals surface area contributed by atoms with Crippen molar-refractivity contribution in [3.63, 3.8) is 0 Å². The Balaban J connectivity index is 4.09. The van der Waals surface area contributed by atoms with E-state index < -0.39 is 6.10 Å². The lowest BCUT2D eigenvalue weighted by atomic mass is 10.1. The SMILES string of the molecule is C=CCC(CCCC(C)=O)OC(=O)C(C)OC. The Bertz CT molecular complexity index is 260. The highest BCUT2D eigenvalue weighted by atomic mass is 16.6. The van der Waals surface area contributed by atoms with E-state index in [1.54, 1.807) is 19.9 Å². The van der Waals surface area contributed by atoms with E-state index >= 15 is 0 Å². The van der Waals surface area contributed by atoms with Gasteiger partial charge in [0.05, 0.1) is 0 Å². The fourth-order valence-corrected chi connectivity index (χ4v) is 1.35. The summed E-state index contributed by atoms with van der Waals surface area (Å²) < 4.78 is 10.2. The van der Waals surface area contributed by atoms with Gasteiger partial charge < -0.3 is 14.3 Å². The van der Waals surface area contributed by atoms with Gasteiger partial charge in [-0.3, -0.25) is 0 Å². The van der Waals surface area contributed by atoms with E-state index in [1.807, 2.05) is 0 Å². The van der Waals surface area contributed by atoms with Crippen LogP contribution in [0.4, 0.5) is 0 Å². The number of ether oxygens (including phenoxy) is 2. The van der Waals surface area contributed by atoms with Gasteiger partial charge in [-0.2, -0.15) is 0 Å². The lowest BCUT2D eigenvalue weighted by Crippen LogP contribution is -2.27. The van der Waals surface area contributed by atoms with E-state index in [4.69, 9.17) is 9.47 Å². The summed E-state index contributed by atoms with van der Waals surface area (Å²) >= 11 is 0. The lowest BCUT2D eigenvalue weighted by molar-refractivity contribution is -0.160. The first-order valence-electron chi connectivity index (χ1n) is 5.84. The third-order valence-corrected chi connectivity index (χ3v) is 2.45. The van der Waals surface area contributed by atoms with E-state index in [1.165, 1.54) is 7.11 Å². The quantitative estimate of drug-likeness (QED) is 0.460. The Hall–Kier alpha value is -1.16. The summed E-state index contributed by atoms with van der Waals surface area (Å²) in [6.45, 7) is 6.83. The minimum absolute atomic E-state index is 0.152. The van der Waals surface area contributed by atoms with Crippen molar-refractivity contribution < 1.29 is 19.1 Å². The van der Waals surface area contributed by atoms with Crippen LogP contribution in [0.2, 0.25) is 0 Å². The van der Waals surface area contributed by atoms with Gasteiger partial charge in [-0.15, -0.1) is 6.58 Å². The van der Waals surface area contributed by atoms with Gasteiger partial charge in [0.25, 0.3) is 0 Å². The van der Waals surface area contributed by atoms with Crippen LogP contribution in [0.15, 0.2) is 12.7 Å². The molecule has 0 rings (SSSR count). The van der Waals surface area contributed by atoms with E-state index in [-0.39, 0.29) is 17.9 Å². The smallest absolute Gasteiger partial charge is 0.335 e. The molecular formula is C13H22O4. The van der Waals surface area contributed by atoms with Crippen LogP contribution < -0.4 is 0 Å². The highest BCUT2D eigenvalue weighted by Gasteiger charge is 2.18. The van der Waals surface area contributed by atoms with Gasteiger partial charge in [-0.1, -0.05) is 6.08 Å². The van der Waals surface area contributed by atoms with Crippen molar-refractivity contribution in [2.75, 3.05) is 7.11 Å². The standard InChI is InChI=1S/C13H22O4/c1-5-7-12(9-6-8-10(2)14)17-13(15)11(3)16-4/h5,11-12H,1,6-9H2,2-4H3. The molecule has 2 atom stereocenters. The predicted octanol–water partition coefficient (Wildman–Crippen LogP) is 2.27. The van der Waals surface area contributed by atoms with Crippen LogP contribution in [0, 0.1) is 0 Å². The monoisotopic (exact) mass is 242 g/mol. The van der Waals surface area contributed by atoms with Crippen LogP contribution >= 0.6 is 0 Å². The number of hydrogen-bond donors (Lipinski definition) is 0.